The summed E-state index contributed by atoms with van der Waals surface area (Å²) in [6.45, 7) is 12.5. The molecule has 1 atom stereocenters. The van der Waals surface area contributed by atoms with Crippen LogP contribution in [0.1, 0.15) is 129 Å². The highest BCUT2D eigenvalue weighted by Crippen LogP contribution is 2.25. The molecule has 0 nitrogen and oxygen atoms in total. The Labute approximate surface area is 167 Å². The van der Waals surface area contributed by atoms with Gasteiger partial charge in [-0.2, -0.15) is 0 Å². The summed E-state index contributed by atoms with van der Waals surface area (Å²) in [4.78, 5) is 0. The Balaban J connectivity index is 3.63. The Hall–Kier alpha value is -0.440. The van der Waals surface area contributed by atoms with Gasteiger partial charge in [0.25, 0.3) is 0 Å². The van der Waals surface area contributed by atoms with Crippen LogP contribution in [0.4, 0.5) is 0 Å². The first-order chi connectivity index (χ1) is 12.7. The van der Waals surface area contributed by atoms with E-state index in [1.807, 2.05) is 0 Å². The Bertz CT molecular complexity index is 317. The average molecular weight is 361 g/mol. The first-order valence-corrected chi connectivity index (χ1v) is 11.7. The van der Waals surface area contributed by atoms with Gasteiger partial charge < -0.3 is 0 Å². The van der Waals surface area contributed by atoms with E-state index >= 15 is 0 Å². The van der Waals surface area contributed by atoms with E-state index in [0.29, 0.717) is 0 Å². The topological polar surface area (TPSA) is 0 Å². The molecule has 0 aromatic heterocycles. The van der Waals surface area contributed by atoms with Gasteiger partial charge in [0.2, 0.25) is 0 Å². The zero-order valence-electron chi connectivity index (χ0n) is 18.3. The molecule has 0 amide bonds. The van der Waals surface area contributed by atoms with Crippen LogP contribution >= 0.6 is 0 Å². The molecular weight excluding hydrogens is 312 g/mol. The maximum absolute atomic E-state index is 3.93. The van der Waals surface area contributed by atoms with Crippen molar-refractivity contribution in [1.82, 2.24) is 0 Å². The van der Waals surface area contributed by atoms with Gasteiger partial charge in [-0.1, -0.05) is 111 Å². The van der Waals surface area contributed by atoms with Gasteiger partial charge in [0.1, 0.15) is 0 Å². The van der Waals surface area contributed by atoms with Crippen molar-refractivity contribution >= 4 is 0 Å². The van der Waals surface area contributed by atoms with Gasteiger partial charge >= 0.3 is 0 Å². The summed E-state index contributed by atoms with van der Waals surface area (Å²) in [6, 6.07) is 0. The fraction of sp³-hybridized carbons (Fsp3) is 0.846. The summed E-state index contributed by atoms with van der Waals surface area (Å²) in [5, 5.41) is 0. The van der Waals surface area contributed by atoms with Gasteiger partial charge in [0, 0.05) is 12.8 Å². The molecule has 0 saturated carbocycles. The van der Waals surface area contributed by atoms with Crippen LogP contribution in [-0.4, -0.2) is 0 Å². The van der Waals surface area contributed by atoms with E-state index in [2.05, 4.69) is 39.5 Å². The molecule has 0 aromatic rings. The first kappa shape index (κ1) is 25.6. The van der Waals surface area contributed by atoms with Crippen LogP contribution < -0.4 is 0 Å². The summed E-state index contributed by atoms with van der Waals surface area (Å²) in [5.41, 5.74) is 0. The summed E-state index contributed by atoms with van der Waals surface area (Å²) in [6.07, 6.45) is 23.8. The van der Waals surface area contributed by atoms with Crippen LogP contribution in [0.25, 0.3) is 0 Å². The molecule has 0 saturated heterocycles. The third kappa shape index (κ3) is 19.9. The van der Waals surface area contributed by atoms with Crippen molar-refractivity contribution in [2.75, 3.05) is 0 Å². The van der Waals surface area contributed by atoms with E-state index in [4.69, 9.17) is 0 Å². The highest BCUT2D eigenvalue weighted by molar-refractivity contribution is 4.98. The molecule has 2 radical (unpaired) electrons. The van der Waals surface area contributed by atoms with Crippen molar-refractivity contribution in [2.45, 2.75) is 129 Å². The Kier molecular flexibility index (Phi) is 20.5. The minimum Gasteiger partial charge on any atom is -0.103 e. The number of rotatable bonds is 18. The fourth-order valence-corrected chi connectivity index (χ4v) is 3.81. The quantitative estimate of drug-likeness (QED) is 0.169. The summed E-state index contributed by atoms with van der Waals surface area (Å²) in [5.74, 6) is 8.29. The lowest BCUT2D eigenvalue weighted by molar-refractivity contribution is 0.339. The minimum atomic E-state index is 0.856. The molecule has 152 valence electrons. The summed E-state index contributed by atoms with van der Waals surface area (Å²) in [7, 11) is 0. The maximum Gasteiger partial charge on any atom is 0.00886 e. The first-order valence-electron chi connectivity index (χ1n) is 11.7. The van der Waals surface area contributed by atoms with Gasteiger partial charge in [-0.05, 0) is 31.1 Å². The van der Waals surface area contributed by atoms with Crippen molar-refractivity contribution in [3.8, 4) is 11.8 Å². The average Bonchev–Trinajstić information content (AvgIpc) is 2.61. The lowest BCUT2D eigenvalue weighted by Gasteiger charge is -2.19. The monoisotopic (exact) mass is 360 g/mol. The number of unbranched alkanes of at least 4 members (excludes halogenated alkanes) is 12. The molecule has 1 unspecified atom stereocenters. The Morgan fingerprint density at radius 1 is 0.577 bits per heavy atom. The van der Waals surface area contributed by atoms with Crippen LogP contribution in [0, 0.1) is 37.5 Å². The van der Waals surface area contributed by atoms with Gasteiger partial charge in [-0.25, -0.2) is 0 Å². The molecule has 0 heteroatoms. The lowest BCUT2D eigenvalue weighted by Crippen LogP contribution is -2.05. The molecule has 26 heavy (non-hydrogen) atoms. The number of hydrogen-bond donors (Lipinski definition) is 0. The predicted octanol–water partition coefficient (Wildman–Crippen LogP) is 8.95. The predicted molar refractivity (Wildman–Crippen MR) is 120 cm³/mol. The van der Waals surface area contributed by atoms with Crippen molar-refractivity contribution in [1.29, 1.82) is 0 Å². The van der Waals surface area contributed by atoms with Crippen molar-refractivity contribution in [2.24, 2.45) is 11.8 Å². The second-order valence-electron chi connectivity index (χ2n) is 8.52. The highest BCUT2D eigenvalue weighted by atomic mass is 14.2. The van der Waals surface area contributed by atoms with E-state index in [1.165, 1.54) is 89.9 Å². The van der Waals surface area contributed by atoms with E-state index in [0.717, 1.165) is 37.5 Å². The molecule has 0 N–H and O–H groups in total. The third-order valence-corrected chi connectivity index (χ3v) is 5.26. The Morgan fingerprint density at radius 2 is 1.08 bits per heavy atom. The van der Waals surface area contributed by atoms with Gasteiger partial charge in [0.15, 0.2) is 0 Å². The molecule has 0 aliphatic carbocycles. The number of hydrogen-bond acceptors (Lipinski definition) is 0. The molecule has 0 bridgehead atoms. The second-order valence-corrected chi connectivity index (χ2v) is 8.52. The highest BCUT2D eigenvalue weighted by Gasteiger charge is 2.10. The van der Waals surface area contributed by atoms with Crippen LogP contribution in [0.2, 0.25) is 0 Å². The van der Waals surface area contributed by atoms with Crippen LogP contribution in [0.15, 0.2) is 0 Å². The van der Waals surface area contributed by atoms with Gasteiger partial charge in [-0.15, -0.1) is 11.8 Å². The van der Waals surface area contributed by atoms with Gasteiger partial charge in [-0.3, -0.25) is 0 Å². The second kappa shape index (κ2) is 20.9. The summed E-state index contributed by atoms with van der Waals surface area (Å²) >= 11 is 0. The van der Waals surface area contributed by atoms with Crippen molar-refractivity contribution in [3.05, 3.63) is 13.8 Å². The van der Waals surface area contributed by atoms with E-state index in [9.17, 15) is 0 Å². The smallest absolute Gasteiger partial charge is 0.00886 e. The normalized spacial score (nSPS) is 12.2. The van der Waals surface area contributed by atoms with E-state index in [1.54, 1.807) is 0 Å². The molecule has 0 spiro atoms. The molecule has 0 heterocycles. The van der Waals surface area contributed by atoms with E-state index in [-0.39, 0.29) is 0 Å². The van der Waals surface area contributed by atoms with E-state index < -0.39 is 0 Å². The van der Waals surface area contributed by atoms with Gasteiger partial charge in [0.05, 0.1) is 0 Å². The molecule has 0 aliphatic heterocycles. The van der Waals surface area contributed by atoms with Crippen molar-refractivity contribution in [3.63, 3.8) is 0 Å². The molecular formula is C26H48. The van der Waals surface area contributed by atoms with Crippen LogP contribution in [-0.2, 0) is 0 Å². The zero-order chi connectivity index (χ0) is 19.3. The largest absolute Gasteiger partial charge is 0.103 e. The molecule has 0 aliphatic rings. The van der Waals surface area contributed by atoms with Crippen molar-refractivity contribution < 1.29 is 0 Å². The lowest BCUT2D eigenvalue weighted by atomic mass is 9.87. The Morgan fingerprint density at radius 3 is 1.62 bits per heavy atom. The fourth-order valence-electron chi connectivity index (χ4n) is 3.81. The minimum absolute atomic E-state index is 0.856. The standard InChI is InChI=1S/C26H48/c1-5-7-9-11-13-14-15-17-19-21-23-26(24-25(3)4)22-20-18-16-12-10-8-6-2/h25-26H,1-2,5-8,10,12-24H2,3-4H3. The zero-order valence-corrected chi connectivity index (χ0v) is 18.3. The SMILES string of the molecule is [CH2]CCC#CCCCCCCCC(CCCCCCCC[CH2])CC(C)C. The van der Waals surface area contributed by atoms with Crippen LogP contribution in [0.5, 0.6) is 0 Å². The van der Waals surface area contributed by atoms with Crippen LogP contribution in [0.3, 0.4) is 0 Å². The maximum atomic E-state index is 3.93. The molecule has 0 aromatic carbocycles. The third-order valence-electron chi connectivity index (χ3n) is 5.26. The summed E-state index contributed by atoms with van der Waals surface area (Å²) < 4.78 is 0. The molecule has 0 fully saturated rings. The molecule has 0 rings (SSSR count).